The number of halogens is 1. The van der Waals surface area contributed by atoms with Crippen molar-refractivity contribution >= 4 is 22.4 Å². The zero-order valence-corrected chi connectivity index (χ0v) is 12.9. The molecular formula is C18H21ClO. The summed E-state index contributed by atoms with van der Waals surface area (Å²) in [5, 5.41) is 2.58. The highest BCUT2D eigenvalue weighted by Gasteiger charge is 2.30. The Balaban J connectivity index is 1.92. The van der Waals surface area contributed by atoms with Crippen molar-refractivity contribution in [2.45, 2.75) is 31.6 Å². The van der Waals surface area contributed by atoms with Crippen LogP contribution in [0.25, 0.3) is 10.8 Å². The van der Waals surface area contributed by atoms with E-state index in [9.17, 15) is 0 Å². The van der Waals surface area contributed by atoms with Crippen LogP contribution in [0.1, 0.15) is 37.1 Å². The van der Waals surface area contributed by atoms with Gasteiger partial charge in [-0.3, -0.25) is 0 Å². The van der Waals surface area contributed by atoms with Crippen molar-refractivity contribution in [2.24, 2.45) is 11.8 Å². The summed E-state index contributed by atoms with van der Waals surface area (Å²) in [6.07, 6.45) is 3.90. The number of alkyl halides is 1. The minimum Gasteiger partial charge on any atom is -0.497 e. The summed E-state index contributed by atoms with van der Waals surface area (Å²) in [7, 11) is 1.70. The van der Waals surface area contributed by atoms with Crippen LogP contribution in [0.2, 0.25) is 0 Å². The van der Waals surface area contributed by atoms with E-state index in [-0.39, 0.29) is 5.38 Å². The van der Waals surface area contributed by atoms with Crippen LogP contribution in [0.3, 0.4) is 0 Å². The lowest BCUT2D eigenvalue weighted by Gasteiger charge is -2.22. The van der Waals surface area contributed by atoms with Crippen LogP contribution in [0.15, 0.2) is 36.4 Å². The third kappa shape index (κ3) is 2.52. The zero-order valence-electron chi connectivity index (χ0n) is 12.1. The number of fused-ring (bicyclic) bond motifs is 1. The van der Waals surface area contributed by atoms with Gasteiger partial charge in [-0.2, -0.15) is 0 Å². The van der Waals surface area contributed by atoms with Gasteiger partial charge in [0.2, 0.25) is 0 Å². The highest BCUT2D eigenvalue weighted by Crippen LogP contribution is 2.44. The molecule has 20 heavy (non-hydrogen) atoms. The fraction of sp³-hybridized carbons (Fsp3) is 0.444. The van der Waals surface area contributed by atoms with Gasteiger partial charge >= 0.3 is 0 Å². The predicted octanol–water partition coefficient (Wildman–Crippen LogP) is 5.56. The lowest BCUT2D eigenvalue weighted by molar-refractivity contribution is 0.406. The lowest BCUT2D eigenvalue weighted by atomic mass is 9.89. The first kappa shape index (κ1) is 13.8. The maximum absolute atomic E-state index is 6.74. The van der Waals surface area contributed by atoms with Gasteiger partial charge in [0, 0.05) is 0 Å². The Morgan fingerprint density at radius 3 is 2.55 bits per heavy atom. The van der Waals surface area contributed by atoms with Crippen LogP contribution in [0, 0.1) is 11.8 Å². The van der Waals surface area contributed by atoms with Gasteiger partial charge in [0.25, 0.3) is 0 Å². The SMILES string of the molecule is COc1ccc2cc(C(Cl)C3CCCC3C)ccc2c1. The summed E-state index contributed by atoms with van der Waals surface area (Å²) in [5.41, 5.74) is 1.25. The van der Waals surface area contributed by atoms with Gasteiger partial charge in [0.05, 0.1) is 12.5 Å². The van der Waals surface area contributed by atoms with Crippen molar-refractivity contribution in [1.82, 2.24) is 0 Å². The standard InChI is InChI=1S/C18H21ClO/c1-12-4-3-5-17(12)18(19)15-7-6-14-11-16(20-2)9-8-13(14)10-15/h6-12,17-18H,3-5H2,1-2H3. The minimum atomic E-state index is 0.138. The summed E-state index contributed by atoms with van der Waals surface area (Å²) in [6.45, 7) is 2.33. The molecule has 0 saturated heterocycles. The van der Waals surface area contributed by atoms with Crippen LogP contribution in [-0.4, -0.2) is 7.11 Å². The molecule has 3 atom stereocenters. The Labute approximate surface area is 125 Å². The van der Waals surface area contributed by atoms with Crippen LogP contribution in [-0.2, 0) is 0 Å². The molecule has 0 heterocycles. The van der Waals surface area contributed by atoms with Gasteiger partial charge in [-0.25, -0.2) is 0 Å². The number of hydrogen-bond acceptors (Lipinski definition) is 1. The van der Waals surface area contributed by atoms with E-state index >= 15 is 0 Å². The van der Waals surface area contributed by atoms with Gasteiger partial charge < -0.3 is 4.74 Å². The minimum absolute atomic E-state index is 0.138. The summed E-state index contributed by atoms with van der Waals surface area (Å²) in [6, 6.07) is 12.7. The number of methoxy groups -OCH3 is 1. The van der Waals surface area contributed by atoms with Gasteiger partial charge in [0.15, 0.2) is 0 Å². The summed E-state index contributed by atoms with van der Waals surface area (Å²) >= 11 is 6.74. The van der Waals surface area contributed by atoms with Gasteiger partial charge in [-0.1, -0.05) is 38.0 Å². The molecule has 1 nitrogen and oxygen atoms in total. The molecule has 1 saturated carbocycles. The van der Waals surface area contributed by atoms with Gasteiger partial charge in [0.1, 0.15) is 5.75 Å². The van der Waals surface area contributed by atoms with Crippen molar-refractivity contribution in [1.29, 1.82) is 0 Å². The molecule has 2 heteroatoms. The monoisotopic (exact) mass is 288 g/mol. The Kier molecular flexibility index (Phi) is 3.89. The molecule has 0 N–H and O–H groups in total. The molecule has 0 aromatic heterocycles. The molecule has 1 fully saturated rings. The Hall–Kier alpha value is -1.21. The predicted molar refractivity (Wildman–Crippen MR) is 85.6 cm³/mol. The van der Waals surface area contributed by atoms with Gasteiger partial charge in [-0.05, 0) is 52.8 Å². The summed E-state index contributed by atoms with van der Waals surface area (Å²) in [5.74, 6) is 2.26. The normalized spacial score (nSPS) is 23.9. The van der Waals surface area contributed by atoms with Crippen LogP contribution >= 0.6 is 11.6 Å². The molecular weight excluding hydrogens is 268 g/mol. The van der Waals surface area contributed by atoms with Crippen molar-refractivity contribution in [2.75, 3.05) is 7.11 Å². The molecule has 2 aromatic carbocycles. The molecule has 1 aliphatic carbocycles. The first-order valence-electron chi connectivity index (χ1n) is 7.41. The quantitative estimate of drug-likeness (QED) is 0.671. The van der Waals surface area contributed by atoms with Crippen LogP contribution in [0.4, 0.5) is 0 Å². The molecule has 106 valence electrons. The van der Waals surface area contributed by atoms with Crippen LogP contribution < -0.4 is 4.74 Å². The van der Waals surface area contributed by atoms with Gasteiger partial charge in [-0.15, -0.1) is 11.6 Å². The van der Waals surface area contributed by atoms with E-state index in [0.29, 0.717) is 5.92 Å². The van der Waals surface area contributed by atoms with Crippen molar-refractivity contribution in [3.8, 4) is 5.75 Å². The second-order valence-electron chi connectivity index (χ2n) is 5.95. The molecule has 0 radical (unpaired) electrons. The molecule has 0 amide bonds. The van der Waals surface area contributed by atoms with E-state index < -0.39 is 0 Å². The van der Waals surface area contributed by atoms with E-state index in [1.165, 1.54) is 35.6 Å². The Bertz CT molecular complexity index is 607. The van der Waals surface area contributed by atoms with Crippen molar-refractivity contribution < 1.29 is 4.74 Å². The largest absolute Gasteiger partial charge is 0.497 e. The molecule has 2 aromatic rings. The smallest absolute Gasteiger partial charge is 0.119 e. The first-order chi connectivity index (χ1) is 9.69. The molecule has 0 aliphatic heterocycles. The molecule has 3 rings (SSSR count). The molecule has 3 unspecified atom stereocenters. The Morgan fingerprint density at radius 1 is 1.10 bits per heavy atom. The summed E-state index contributed by atoms with van der Waals surface area (Å²) < 4.78 is 5.27. The molecule has 1 aliphatic rings. The van der Waals surface area contributed by atoms with E-state index in [1.807, 2.05) is 6.07 Å². The third-order valence-electron chi connectivity index (χ3n) is 4.69. The highest BCUT2D eigenvalue weighted by molar-refractivity contribution is 6.21. The molecule has 0 spiro atoms. The maximum Gasteiger partial charge on any atom is 0.119 e. The third-order valence-corrected chi connectivity index (χ3v) is 5.27. The second-order valence-corrected chi connectivity index (χ2v) is 6.42. The first-order valence-corrected chi connectivity index (χ1v) is 7.84. The van der Waals surface area contributed by atoms with Crippen molar-refractivity contribution in [3.63, 3.8) is 0 Å². The number of ether oxygens (including phenoxy) is 1. The van der Waals surface area contributed by atoms with E-state index in [2.05, 4.69) is 37.3 Å². The maximum atomic E-state index is 6.74. The fourth-order valence-corrected chi connectivity index (χ4v) is 3.91. The number of hydrogen-bond donors (Lipinski definition) is 0. The lowest BCUT2D eigenvalue weighted by Crippen LogP contribution is -2.10. The van der Waals surface area contributed by atoms with E-state index in [1.54, 1.807) is 7.11 Å². The summed E-state index contributed by atoms with van der Waals surface area (Å²) in [4.78, 5) is 0. The van der Waals surface area contributed by atoms with Crippen molar-refractivity contribution in [3.05, 3.63) is 42.0 Å². The zero-order chi connectivity index (χ0) is 14.1. The van der Waals surface area contributed by atoms with E-state index in [0.717, 1.165) is 11.7 Å². The number of benzene rings is 2. The van der Waals surface area contributed by atoms with E-state index in [4.69, 9.17) is 16.3 Å². The molecule has 0 bridgehead atoms. The average molecular weight is 289 g/mol. The topological polar surface area (TPSA) is 9.23 Å². The highest BCUT2D eigenvalue weighted by atomic mass is 35.5. The van der Waals surface area contributed by atoms with Crippen LogP contribution in [0.5, 0.6) is 5.75 Å². The fourth-order valence-electron chi connectivity index (χ4n) is 3.40. The second kappa shape index (κ2) is 5.65. The number of rotatable bonds is 3. The Morgan fingerprint density at radius 2 is 1.85 bits per heavy atom. The average Bonchev–Trinajstić information content (AvgIpc) is 2.91.